The van der Waals surface area contributed by atoms with Gasteiger partial charge in [0.15, 0.2) is 0 Å². The quantitative estimate of drug-likeness (QED) is 0.582. The van der Waals surface area contributed by atoms with E-state index in [0.717, 1.165) is 11.1 Å². The van der Waals surface area contributed by atoms with Crippen molar-refractivity contribution in [3.05, 3.63) is 59.7 Å². The van der Waals surface area contributed by atoms with Gasteiger partial charge in [-0.15, -0.1) is 0 Å². The van der Waals surface area contributed by atoms with Gasteiger partial charge in [-0.25, -0.2) is 0 Å². The first-order valence-electron chi connectivity index (χ1n) is 9.17. The molecule has 1 heterocycles. The normalized spacial score (nSPS) is 20.1. The van der Waals surface area contributed by atoms with E-state index in [2.05, 4.69) is 0 Å². The maximum absolute atomic E-state index is 12.3. The van der Waals surface area contributed by atoms with Gasteiger partial charge in [-0.2, -0.15) is 16.8 Å². The fraction of sp³-hybridized carbons (Fsp3) is 0.400. The predicted octanol–water partition coefficient (Wildman–Crippen LogP) is 2.68. The van der Waals surface area contributed by atoms with Crippen LogP contribution in [0.2, 0.25) is 0 Å². The molecule has 29 heavy (non-hydrogen) atoms. The van der Waals surface area contributed by atoms with Crippen LogP contribution in [-0.4, -0.2) is 43.3 Å². The number of hydrogen-bond donors (Lipinski definition) is 0. The van der Waals surface area contributed by atoms with Crippen LogP contribution in [0.5, 0.6) is 0 Å². The number of rotatable bonds is 8. The summed E-state index contributed by atoms with van der Waals surface area (Å²) in [6.07, 6.45) is 0. The third kappa shape index (κ3) is 5.64. The second-order valence-corrected chi connectivity index (χ2v) is 10.4. The Balaban J connectivity index is 1.58. The third-order valence-corrected chi connectivity index (χ3v) is 7.42. The zero-order chi connectivity index (χ0) is 21.1. The Kier molecular flexibility index (Phi) is 6.75. The van der Waals surface area contributed by atoms with Crippen molar-refractivity contribution >= 4 is 20.2 Å². The molecule has 0 amide bonds. The first-order valence-corrected chi connectivity index (χ1v) is 12.0. The lowest BCUT2D eigenvalue weighted by molar-refractivity contribution is 0.167. The van der Waals surface area contributed by atoms with E-state index in [9.17, 15) is 16.8 Å². The van der Waals surface area contributed by atoms with Gasteiger partial charge in [0.2, 0.25) is 0 Å². The van der Waals surface area contributed by atoms with E-state index >= 15 is 0 Å². The molecule has 1 aliphatic rings. The number of hydrogen-bond acceptors (Lipinski definition) is 7. The predicted molar refractivity (Wildman–Crippen MR) is 106 cm³/mol. The molecule has 7 nitrogen and oxygen atoms in total. The summed E-state index contributed by atoms with van der Waals surface area (Å²) in [6.45, 7) is 4.08. The van der Waals surface area contributed by atoms with Crippen molar-refractivity contribution < 1.29 is 29.9 Å². The van der Waals surface area contributed by atoms with E-state index in [1.807, 2.05) is 13.8 Å². The van der Waals surface area contributed by atoms with E-state index < -0.39 is 20.2 Å². The Labute approximate surface area is 171 Å². The average Bonchev–Trinajstić information content (AvgIpc) is 3.13. The maximum atomic E-state index is 12.3. The minimum Gasteiger partial charge on any atom is -0.381 e. The zero-order valence-electron chi connectivity index (χ0n) is 16.3. The Morgan fingerprint density at radius 3 is 1.41 bits per heavy atom. The average molecular weight is 441 g/mol. The first-order chi connectivity index (χ1) is 13.7. The number of aryl methyl sites for hydroxylation is 2. The Morgan fingerprint density at radius 1 is 0.724 bits per heavy atom. The molecule has 0 saturated carbocycles. The van der Waals surface area contributed by atoms with Crippen LogP contribution in [-0.2, 0) is 33.3 Å². The molecule has 0 unspecified atom stereocenters. The standard InChI is InChI=1S/C20H24O7S2/c1-15-3-7-19(8-4-15)28(21,22)26-13-17-11-25-12-18(17)14-27-29(23,24)20-9-5-16(2)6-10-20/h3-10,17-18H,11-14H2,1-2H3/t17-,18+. The molecular formula is C20H24O7S2. The Hall–Kier alpha value is -1.78. The van der Waals surface area contributed by atoms with E-state index in [0.29, 0.717) is 0 Å². The lowest BCUT2D eigenvalue weighted by Crippen LogP contribution is -2.25. The van der Waals surface area contributed by atoms with Gasteiger partial charge < -0.3 is 4.74 Å². The van der Waals surface area contributed by atoms with Crippen molar-refractivity contribution in [2.24, 2.45) is 11.8 Å². The maximum Gasteiger partial charge on any atom is 0.296 e. The van der Waals surface area contributed by atoms with Crippen molar-refractivity contribution in [1.29, 1.82) is 0 Å². The minimum atomic E-state index is -3.89. The van der Waals surface area contributed by atoms with Gasteiger partial charge in [0.25, 0.3) is 20.2 Å². The highest BCUT2D eigenvalue weighted by molar-refractivity contribution is 7.87. The van der Waals surface area contributed by atoms with Crippen molar-refractivity contribution in [3.63, 3.8) is 0 Å². The molecule has 0 aliphatic carbocycles. The highest BCUT2D eigenvalue weighted by Crippen LogP contribution is 2.25. The second-order valence-electron chi connectivity index (χ2n) is 7.16. The van der Waals surface area contributed by atoms with Gasteiger partial charge in [0.1, 0.15) is 0 Å². The summed E-state index contributed by atoms with van der Waals surface area (Å²) in [6, 6.07) is 12.7. The molecule has 0 bridgehead atoms. The SMILES string of the molecule is Cc1ccc(S(=O)(=O)OC[C@H]2COC[C@H]2COS(=O)(=O)c2ccc(C)cc2)cc1. The highest BCUT2D eigenvalue weighted by Gasteiger charge is 2.32. The Bertz CT molecular complexity index is 942. The molecule has 0 spiro atoms. The summed E-state index contributed by atoms with van der Waals surface area (Å²) < 4.78 is 65.2. The fourth-order valence-electron chi connectivity index (χ4n) is 2.91. The smallest absolute Gasteiger partial charge is 0.296 e. The molecule has 0 N–H and O–H groups in total. The molecule has 158 valence electrons. The van der Waals surface area contributed by atoms with E-state index in [1.54, 1.807) is 24.3 Å². The van der Waals surface area contributed by atoms with Crippen LogP contribution < -0.4 is 0 Å². The Morgan fingerprint density at radius 2 is 1.07 bits per heavy atom. The summed E-state index contributed by atoms with van der Waals surface area (Å²) in [4.78, 5) is 0.161. The van der Waals surface area contributed by atoms with E-state index in [-0.39, 0.29) is 48.1 Å². The van der Waals surface area contributed by atoms with Crippen molar-refractivity contribution in [2.45, 2.75) is 23.6 Å². The van der Waals surface area contributed by atoms with Crippen LogP contribution in [0.3, 0.4) is 0 Å². The number of ether oxygens (including phenoxy) is 1. The molecule has 2 aromatic carbocycles. The largest absolute Gasteiger partial charge is 0.381 e. The zero-order valence-corrected chi connectivity index (χ0v) is 17.9. The third-order valence-electron chi connectivity index (χ3n) is 4.82. The summed E-state index contributed by atoms with van der Waals surface area (Å²) in [5, 5.41) is 0. The molecule has 0 radical (unpaired) electrons. The van der Waals surface area contributed by atoms with Crippen molar-refractivity contribution in [3.8, 4) is 0 Å². The van der Waals surface area contributed by atoms with Crippen LogP contribution in [0.25, 0.3) is 0 Å². The van der Waals surface area contributed by atoms with Crippen molar-refractivity contribution in [2.75, 3.05) is 26.4 Å². The topological polar surface area (TPSA) is 96.0 Å². The van der Waals surface area contributed by atoms with Gasteiger partial charge in [-0.05, 0) is 38.1 Å². The molecule has 1 fully saturated rings. The van der Waals surface area contributed by atoms with Crippen LogP contribution in [0.4, 0.5) is 0 Å². The monoisotopic (exact) mass is 440 g/mol. The van der Waals surface area contributed by atoms with Crippen LogP contribution in [0.15, 0.2) is 58.3 Å². The summed E-state index contributed by atoms with van der Waals surface area (Å²) in [5.41, 5.74) is 1.89. The molecular weight excluding hydrogens is 416 g/mol. The van der Waals surface area contributed by atoms with Gasteiger partial charge in [0.05, 0.1) is 36.2 Å². The number of benzene rings is 2. The lowest BCUT2D eigenvalue weighted by Gasteiger charge is -2.17. The lowest BCUT2D eigenvalue weighted by atomic mass is 9.98. The molecule has 1 aliphatic heterocycles. The molecule has 0 aromatic heterocycles. The molecule has 3 rings (SSSR count). The van der Waals surface area contributed by atoms with Crippen LogP contribution in [0.1, 0.15) is 11.1 Å². The van der Waals surface area contributed by atoms with Gasteiger partial charge in [-0.3, -0.25) is 8.37 Å². The van der Waals surface area contributed by atoms with Gasteiger partial charge >= 0.3 is 0 Å². The minimum absolute atomic E-state index is 0.0803. The highest BCUT2D eigenvalue weighted by atomic mass is 32.2. The summed E-state index contributed by atoms with van der Waals surface area (Å²) in [7, 11) is -7.79. The van der Waals surface area contributed by atoms with Gasteiger partial charge in [-0.1, -0.05) is 35.4 Å². The van der Waals surface area contributed by atoms with E-state index in [4.69, 9.17) is 13.1 Å². The van der Waals surface area contributed by atoms with E-state index in [1.165, 1.54) is 24.3 Å². The summed E-state index contributed by atoms with van der Waals surface area (Å²) >= 11 is 0. The molecule has 2 atom stereocenters. The van der Waals surface area contributed by atoms with Gasteiger partial charge in [0, 0.05) is 11.8 Å². The summed E-state index contributed by atoms with van der Waals surface area (Å²) in [5.74, 6) is -0.577. The first kappa shape index (κ1) is 21.9. The second kappa shape index (κ2) is 8.93. The molecule has 1 saturated heterocycles. The molecule has 9 heteroatoms. The van der Waals surface area contributed by atoms with Crippen molar-refractivity contribution in [1.82, 2.24) is 0 Å². The molecule has 2 aromatic rings. The van der Waals surface area contributed by atoms with Crippen LogP contribution in [0, 0.1) is 25.7 Å². The van der Waals surface area contributed by atoms with Crippen LogP contribution >= 0.6 is 0 Å². The fourth-order valence-corrected chi connectivity index (χ4v) is 4.83.